The van der Waals surface area contributed by atoms with Gasteiger partial charge in [0.05, 0.1) is 0 Å². The van der Waals surface area contributed by atoms with Crippen LogP contribution in [0.15, 0.2) is 91.0 Å². The Bertz CT molecular complexity index is 884. The third kappa shape index (κ3) is 6.55. The Morgan fingerprint density at radius 1 is 0.562 bits per heavy atom. The number of hydrogen-bond donors (Lipinski definition) is 0. The average molecular weight is 443 g/mol. The molecule has 1 heteroatoms. The standard InChI is InChI=1S/C31H39P/c1-2-26(27-15-7-3-8-16-27)23-30(28-17-9-4-10-18-28)24-31(29-19-11-5-12-20-29)25-32-21-13-6-14-22-32/h3-5,7-12,15-20,26,30-31H,2,6,13-14,21-25H2,1H3. The van der Waals surface area contributed by atoms with E-state index in [0.29, 0.717) is 17.8 Å². The Kier molecular flexibility index (Phi) is 8.98. The van der Waals surface area contributed by atoms with Gasteiger partial charge in [0.1, 0.15) is 0 Å². The number of benzene rings is 3. The van der Waals surface area contributed by atoms with Crippen LogP contribution in [0.5, 0.6) is 0 Å². The molecule has 3 unspecified atom stereocenters. The van der Waals surface area contributed by atoms with Crippen molar-refractivity contribution in [2.24, 2.45) is 0 Å². The van der Waals surface area contributed by atoms with Gasteiger partial charge in [0.2, 0.25) is 0 Å². The minimum atomic E-state index is 0.198. The summed E-state index contributed by atoms with van der Waals surface area (Å²) in [6, 6.07) is 34.0. The van der Waals surface area contributed by atoms with E-state index >= 15 is 0 Å². The molecule has 4 rings (SSSR count). The highest BCUT2D eigenvalue weighted by molar-refractivity contribution is 7.57. The van der Waals surface area contributed by atoms with Crippen LogP contribution in [0.4, 0.5) is 0 Å². The minimum Gasteiger partial charge on any atom is -0.106 e. The molecule has 32 heavy (non-hydrogen) atoms. The van der Waals surface area contributed by atoms with Gasteiger partial charge in [0, 0.05) is 0 Å². The highest BCUT2D eigenvalue weighted by Gasteiger charge is 2.26. The maximum absolute atomic E-state index is 2.39. The second-order valence-electron chi connectivity index (χ2n) is 9.56. The van der Waals surface area contributed by atoms with E-state index in [0.717, 1.165) is 0 Å². The summed E-state index contributed by atoms with van der Waals surface area (Å²) in [5, 5.41) is 0. The van der Waals surface area contributed by atoms with Crippen molar-refractivity contribution < 1.29 is 0 Å². The van der Waals surface area contributed by atoms with Gasteiger partial charge in [-0.1, -0.05) is 104 Å². The Morgan fingerprint density at radius 3 is 1.50 bits per heavy atom. The lowest BCUT2D eigenvalue weighted by Gasteiger charge is -2.31. The summed E-state index contributed by atoms with van der Waals surface area (Å²) in [5.41, 5.74) is 4.59. The van der Waals surface area contributed by atoms with Crippen molar-refractivity contribution in [3.8, 4) is 0 Å². The lowest BCUT2D eigenvalue weighted by Crippen LogP contribution is -2.15. The molecule has 3 atom stereocenters. The van der Waals surface area contributed by atoms with Crippen molar-refractivity contribution in [3.05, 3.63) is 108 Å². The quantitative estimate of drug-likeness (QED) is 0.275. The van der Waals surface area contributed by atoms with E-state index in [1.807, 2.05) is 0 Å². The first-order valence-electron chi connectivity index (χ1n) is 12.7. The molecule has 0 N–H and O–H groups in total. The van der Waals surface area contributed by atoms with Gasteiger partial charge in [-0.05, 0) is 85.0 Å². The molecule has 1 saturated heterocycles. The van der Waals surface area contributed by atoms with Crippen molar-refractivity contribution in [1.82, 2.24) is 0 Å². The molecule has 0 radical (unpaired) electrons. The van der Waals surface area contributed by atoms with Crippen molar-refractivity contribution in [1.29, 1.82) is 0 Å². The molecular formula is C31H39P. The van der Waals surface area contributed by atoms with Gasteiger partial charge >= 0.3 is 0 Å². The SMILES string of the molecule is CCC(CC(CC(CP1CCCCC1)c1ccccc1)c1ccccc1)c1ccccc1. The predicted octanol–water partition coefficient (Wildman–Crippen LogP) is 9.19. The monoisotopic (exact) mass is 442 g/mol. The minimum absolute atomic E-state index is 0.198. The number of rotatable bonds is 10. The van der Waals surface area contributed by atoms with Gasteiger partial charge in [0.15, 0.2) is 0 Å². The maximum atomic E-state index is 2.39. The van der Waals surface area contributed by atoms with E-state index < -0.39 is 0 Å². The first-order valence-corrected chi connectivity index (χ1v) is 14.6. The van der Waals surface area contributed by atoms with Crippen LogP contribution in [0.2, 0.25) is 0 Å². The largest absolute Gasteiger partial charge is 0.106 e. The molecule has 0 aliphatic carbocycles. The second-order valence-corrected chi connectivity index (χ2v) is 12.2. The molecular weight excluding hydrogens is 403 g/mol. The fourth-order valence-electron chi connectivity index (χ4n) is 5.54. The van der Waals surface area contributed by atoms with E-state index in [4.69, 9.17) is 0 Å². The normalized spacial score (nSPS) is 17.5. The molecule has 3 aromatic carbocycles. The summed E-state index contributed by atoms with van der Waals surface area (Å²) in [6.45, 7) is 2.36. The fourth-order valence-corrected chi connectivity index (χ4v) is 8.45. The van der Waals surface area contributed by atoms with Crippen molar-refractivity contribution in [2.45, 2.75) is 63.2 Å². The van der Waals surface area contributed by atoms with Crippen LogP contribution in [-0.2, 0) is 0 Å². The molecule has 3 aromatic rings. The van der Waals surface area contributed by atoms with Gasteiger partial charge < -0.3 is 0 Å². The van der Waals surface area contributed by atoms with Crippen molar-refractivity contribution in [3.63, 3.8) is 0 Å². The zero-order valence-corrected chi connectivity index (χ0v) is 20.6. The Hall–Kier alpha value is -1.91. The molecule has 0 aromatic heterocycles. The Labute approximate surface area is 197 Å². The van der Waals surface area contributed by atoms with Gasteiger partial charge in [-0.3, -0.25) is 0 Å². The molecule has 168 valence electrons. The molecule has 0 saturated carbocycles. The molecule has 1 heterocycles. The van der Waals surface area contributed by atoms with E-state index in [2.05, 4.69) is 97.9 Å². The van der Waals surface area contributed by atoms with Crippen molar-refractivity contribution >= 4 is 7.92 Å². The molecule has 0 spiro atoms. The van der Waals surface area contributed by atoms with Gasteiger partial charge in [-0.15, -0.1) is 7.92 Å². The van der Waals surface area contributed by atoms with Crippen molar-refractivity contribution in [2.75, 3.05) is 18.5 Å². The molecule has 0 bridgehead atoms. The van der Waals surface area contributed by atoms with Crippen LogP contribution >= 0.6 is 7.92 Å². The van der Waals surface area contributed by atoms with Crippen LogP contribution < -0.4 is 0 Å². The molecule has 1 aliphatic heterocycles. The summed E-state index contributed by atoms with van der Waals surface area (Å²) in [5.74, 6) is 1.91. The Morgan fingerprint density at radius 2 is 1.00 bits per heavy atom. The molecule has 1 fully saturated rings. The van der Waals surface area contributed by atoms with E-state index in [1.165, 1.54) is 68.1 Å². The lowest BCUT2D eigenvalue weighted by molar-refractivity contribution is 0.468. The van der Waals surface area contributed by atoms with Crippen LogP contribution in [0, 0.1) is 0 Å². The van der Waals surface area contributed by atoms with Crippen LogP contribution in [0.3, 0.4) is 0 Å². The Balaban J connectivity index is 1.59. The average Bonchev–Trinajstić information content (AvgIpc) is 2.88. The highest BCUT2D eigenvalue weighted by Crippen LogP contribution is 2.48. The highest BCUT2D eigenvalue weighted by atomic mass is 31.1. The topological polar surface area (TPSA) is 0 Å². The van der Waals surface area contributed by atoms with Crippen LogP contribution in [0.25, 0.3) is 0 Å². The molecule has 0 amide bonds. The first kappa shape index (κ1) is 23.3. The fraction of sp³-hybridized carbons (Fsp3) is 0.419. The number of hydrogen-bond acceptors (Lipinski definition) is 0. The maximum Gasteiger partial charge on any atom is -0.0117 e. The summed E-state index contributed by atoms with van der Waals surface area (Å²) in [6.07, 6.45) is 12.5. The van der Waals surface area contributed by atoms with E-state index in [9.17, 15) is 0 Å². The first-order chi connectivity index (χ1) is 15.8. The zero-order chi connectivity index (χ0) is 22.0. The predicted molar refractivity (Wildman–Crippen MR) is 142 cm³/mol. The molecule has 1 aliphatic rings. The van der Waals surface area contributed by atoms with E-state index in [-0.39, 0.29) is 7.92 Å². The van der Waals surface area contributed by atoms with Gasteiger partial charge in [-0.2, -0.15) is 0 Å². The van der Waals surface area contributed by atoms with Crippen LogP contribution in [-0.4, -0.2) is 18.5 Å². The van der Waals surface area contributed by atoms with Gasteiger partial charge in [0.25, 0.3) is 0 Å². The zero-order valence-electron chi connectivity index (χ0n) is 19.7. The summed E-state index contributed by atoms with van der Waals surface area (Å²) in [4.78, 5) is 0. The van der Waals surface area contributed by atoms with E-state index in [1.54, 1.807) is 5.56 Å². The van der Waals surface area contributed by atoms with Gasteiger partial charge in [-0.25, -0.2) is 0 Å². The summed E-state index contributed by atoms with van der Waals surface area (Å²) in [7, 11) is 0.198. The summed E-state index contributed by atoms with van der Waals surface area (Å²) >= 11 is 0. The lowest BCUT2D eigenvalue weighted by atomic mass is 9.78. The summed E-state index contributed by atoms with van der Waals surface area (Å²) < 4.78 is 0. The molecule has 0 nitrogen and oxygen atoms in total. The van der Waals surface area contributed by atoms with Crippen LogP contribution in [0.1, 0.15) is 79.9 Å². The third-order valence-corrected chi connectivity index (χ3v) is 10.2. The smallest absolute Gasteiger partial charge is 0.0117 e. The second kappa shape index (κ2) is 12.4. The third-order valence-electron chi connectivity index (χ3n) is 7.37.